The lowest BCUT2D eigenvalue weighted by Gasteiger charge is -2.42. The molecule has 2 aliphatic rings. The number of benzene rings is 1. The Morgan fingerprint density at radius 1 is 1.08 bits per heavy atom. The molecular weight excluding hydrogens is 521 g/mol. The van der Waals surface area contributed by atoms with Crippen LogP contribution in [0.25, 0.3) is 0 Å². The lowest BCUT2D eigenvalue weighted by molar-refractivity contribution is -0.143. The fourth-order valence-electron chi connectivity index (χ4n) is 5.42. The molecule has 2 aliphatic heterocycles. The number of carboxylic acids is 1. The molecule has 10 heteroatoms. The molecule has 0 saturated carbocycles. The number of aryl methyl sites for hydroxylation is 1. The smallest absolute Gasteiger partial charge is 0.320 e. The van der Waals surface area contributed by atoms with Crippen molar-refractivity contribution in [2.45, 2.75) is 58.5 Å². The van der Waals surface area contributed by atoms with Gasteiger partial charge in [-0.15, -0.1) is 0 Å². The number of anilines is 2. The number of hydrogen-bond acceptors (Lipinski definition) is 6. The molecule has 36 heavy (non-hydrogen) atoms. The minimum absolute atomic E-state index is 0.123. The van der Waals surface area contributed by atoms with Crippen LogP contribution < -0.4 is 10.2 Å². The zero-order valence-electron chi connectivity index (χ0n) is 21.0. The summed E-state index contributed by atoms with van der Waals surface area (Å²) in [5.41, 5.74) is 1.64. The predicted molar refractivity (Wildman–Crippen MR) is 147 cm³/mol. The van der Waals surface area contributed by atoms with Gasteiger partial charge in [-0.1, -0.05) is 40.9 Å². The van der Waals surface area contributed by atoms with E-state index in [0.29, 0.717) is 38.7 Å². The summed E-state index contributed by atoms with van der Waals surface area (Å²) < 4.78 is 0. The molecule has 1 aromatic carbocycles. The predicted octanol–water partition coefficient (Wildman–Crippen LogP) is 6.32. The van der Waals surface area contributed by atoms with Crippen molar-refractivity contribution in [3.05, 3.63) is 44.5 Å². The Kier molecular flexibility index (Phi) is 8.87. The van der Waals surface area contributed by atoms with E-state index < -0.39 is 12.0 Å². The summed E-state index contributed by atoms with van der Waals surface area (Å²) in [4.78, 5) is 25.3. The van der Waals surface area contributed by atoms with Gasteiger partial charge in [-0.05, 0) is 82.5 Å². The minimum atomic E-state index is -0.738. The van der Waals surface area contributed by atoms with E-state index >= 15 is 0 Å². The molecule has 2 fully saturated rings. The van der Waals surface area contributed by atoms with Crippen molar-refractivity contribution < 1.29 is 9.90 Å². The van der Waals surface area contributed by atoms with Crippen LogP contribution in [0.1, 0.15) is 56.8 Å². The highest BCUT2D eigenvalue weighted by molar-refractivity contribution is 6.35. The highest BCUT2D eigenvalue weighted by Gasteiger charge is 2.33. The molecule has 7 nitrogen and oxygen atoms in total. The maximum absolute atomic E-state index is 11.4. The number of hydrogen-bond donors (Lipinski definition) is 2. The highest BCUT2D eigenvalue weighted by Crippen LogP contribution is 2.35. The van der Waals surface area contributed by atoms with E-state index in [-0.39, 0.29) is 6.04 Å². The first-order chi connectivity index (χ1) is 17.1. The van der Waals surface area contributed by atoms with Crippen molar-refractivity contribution in [2.75, 3.05) is 36.4 Å². The molecule has 2 saturated heterocycles. The molecule has 3 heterocycles. The molecule has 0 bridgehead atoms. The normalized spacial score (nSPS) is 21.3. The summed E-state index contributed by atoms with van der Waals surface area (Å²) in [6.45, 7) is 9.17. The molecule has 4 rings (SSSR count). The number of likely N-dealkylation sites (tertiary alicyclic amines) is 1. The van der Waals surface area contributed by atoms with E-state index in [1.807, 2.05) is 26.0 Å². The first-order valence-corrected chi connectivity index (χ1v) is 13.7. The Morgan fingerprint density at radius 3 is 2.47 bits per heavy atom. The summed E-state index contributed by atoms with van der Waals surface area (Å²) in [7, 11) is 0. The molecule has 0 radical (unpaired) electrons. The highest BCUT2D eigenvalue weighted by atomic mass is 35.5. The van der Waals surface area contributed by atoms with Gasteiger partial charge in [0.15, 0.2) is 5.82 Å². The van der Waals surface area contributed by atoms with Gasteiger partial charge in [0.1, 0.15) is 11.1 Å². The van der Waals surface area contributed by atoms with Crippen molar-refractivity contribution in [1.82, 2.24) is 14.9 Å². The summed E-state index contributed by atoms with van der Waals surface area (Å²) in [5, 5.41) is 14.5. The lowest BCUT2D eigenvalue weighted by Crippen LogP contribution is -2.48. The number of aliphatic carboxylic acids is 1. The van der Waals surface area contributed by atoms with Gasteiger partial charge in [-0.2, -0.15) is 4.98 Å². The summed E-state index contributed by atoms with van der Waals surface area (Å²) in [5.74, 6) is 1.65. The van der Waals surface area contributed by atoms with Crippen LogP contribution in [0.2, 0.25) is 15.1 Å². The quantitative estimate of drug-likeness (QED) is 0.414. The van der Waals surface area contributed by atoms with Gasteiger partial charge in [-0.3, -0.25) is 9.69 Å². The number of halogens is 3. The van der Waals surface area contributed by atoms with Gasteiger partial charge in [-0.25, -0.2) is 4.98 Å². The third-order valence-electron chi connectivity index (χ3n) is 7.67. The topological polar surface area (TPSA) is 81.6 Å². The molecule has 1 aromatic heterocycles. The second-order valence-electron chi connectivity index (χ2n) is 10.0. The molecule has 3 unspecified atom stereocenters. The zero-order valence-corrected chi connectivity index (χ0v) is 23.2. The number of nitrogens with one attached hydrogen (secondary N) is 1. The molecule has 2 N–H and O–H groups in total. The Bertz CT molecular complexity index is 1090. The van der Waals surface area contributed by atoms with Crippen molar-refractivity contribution in [3.63, 3.8) is 0 Å². The summed E-state index contributed by atoms with van der Waals surface area (Å²) in [6, 6.07) is 4.90. The van der Waals surface area contributed by atoms with E-state index in [1.54, 1.807) is 13.0 Å². The molecule has 3 atom stereocenters. The monoisotopic (exact) mass is 553 g/mol. The molecule has 0 spiro atoms. The lowest BCUT2D eigenvalue weighted by atomic mass is 9.79. The van der Waals surface area contributed by atoms with Crippen LogP contribution in [0.3, 0.4) is 0 Å². The Balaban J connectivity index is 1.42. The van der Waals surface area contributed by atoms with Crippen molar-refractivity contribution in [2.24, 2.45) is 11.8 Å². The molecule has 0 amide bonds. The Labute approximate surface area is 228 Å². The van der Waals surface area contributed by atoms with Crippen LogP contribution in [0.4, 0.5) is 11.8 Å². The Hall–Kier alpha value is -1.80. The largest absolute Gasteiger partial charge is 0.480 e. The number of nitrogens with zero attached hydrogens (tertiary/aromatic N) is 4. The maximum Gasteiger partial charge on any atom is 0.320 e. The number of rotatable bonds is 7. The molecule has 2 aromatic rings. The van der Waals surface area contributed by atoms with Crippen LogP contribution in [0, 0.1) is 18.8 Å². The van der Waals surface area contributed by atoms with E-state index in [4.69, 9.17) is 39.8 Å². The van der Waals surface area contributed by atoms with E-state index in [2.05, 4.69) is 20.1 Å². The van der Waals surface area contributed by atoms with Gasteiger partial charge in [0.2, 0.25) is 5.95 Å². The average molecular weight is 555 g/mol. The van der Waals surface area contributed by atoms with E-state index in [9.17, 15) is 9.90 Å². The third-order valence-corrected chi connectivity index (χ3v) is 8.69. The maximum atomic E-state index is 11.4. The summed E-state index contributed by atoms with van der Waals surface area (Å²) >= 11 is 19.0. The Morgan fingerprint density at radius 2 is 1.81 bits per heavy atom. The first-order valence-electron chi connectivity index (χ1n) is 12.6. The van der Waals surface area contributed by atoms with Crippen LogP contribution in [0.5, 0.6) is 0 Å². The zero-order chi connectivity index (χ0) is 26.0. The second kappa shape index (κ2) is 11.7. The van der Waals surface area contributed by atoms with Crippen LogP contribution in [-0.4, -0.2) is 58.2 Å². The van der Waals surface area contributed by atoms with Crippen molar-refractivity contribution in [1.29, 1.82) is 0 Å². The van der Waals surface area contributed by atoms with E-state index in [1.165, 1.54) is 6.42 Å². The van der Waals surface area contributed by atoms with Crippen molar-refractivity contribution in [3.8, 4) is 0 Å². The molecular formula is C26H34Cl3N5O2. The molecule has 0 aliphatic carbocycles. The average Bonchev–Trinajstić information content (AvgIpc) is 2.86. The van der Waals surface area contributed by atoms with Gasteiger partial charge in [0, 0.05) is 29.7 Å². The third kappa shape index (κ3) is 6.18. The van der Waals surface area contributed by atoms with Crippen molar-refractivity contribution >= 4 is 52.5 Å². The van der Waals surface area contributed by atoms with Gasteiger partial charge < -0.3 is 15.3 Å². The van der Waals surface area contributed by atoms with E-state index in [0.717, 1.165) is 56.7 Å². The first kappa shape index (κ1) is 27.2. The van der Waals surface area contributed by atoms with Crippen LogP contribution in [0.15, 0.2) is 18.2 Å². The van der Waals surface area contributed by atoms with Gasteiger partial charge in [0.05, 0.1) is 11.7 Å². The fourth-order valence-corrected chi connectivity index (χ4v) is 6.13. The second-order valence-corrected chi connectivity index (χ2v) is 11.3. The van der Waals surface area contributed by atoms with Gasteiger partial charge in [0.25, 0.3) is 0 Å². The SMILES string of the molecule is Cc1nc(N2CCC(C3CCCN(C(C)C(=O)O)C3)CC2)nc(NC(C)c2ccc(Cl)cc2Cl)c1Cl. The number of carbonyl (C=O) groups is 1. The fraction of sp³-hybridized carbons (Fsp3) is 0.577. The number of piperidine rings is 2. The molecule has 196 valence electrons. The standard InChI is InChI=1S/C26H34Cl3N5O2/c1-15(21-7-6-20(27)13-22(21)28)30-24-23(29)16(2)31-26(32-24)33-11-8-18(9-12-33)19-5-4-10-34(14-19)17(3)25(35)36/h6-7,13,15,17-19H,4-5,8-12,14H2,1-3H3,(H,35,36)(H,30,31,32). The van der Waals surface area contributed by atoms with Gasteiger partial charge >= 0.3 is 5.97 Å². The number of aromatic nitrogens is 2. The summed E-state index contributed by atoms with van der Waals surface area (Å²) in [6.07, 6.45) is 4.32. The number of carboxylic acid groups (broad SMARTS) is 1. The van der Waals surface area contributed by atoms with Crippen LogP contribution in [-0.2, 0) is 4.79 Å². The van der Waals surface area contributed by atoms with Crippen LogP contribution >= 0.6 is 34.8 Å². The minimum Gasteiger partial charge on any atom is -0.480 e.